The zero-order valence-corrected chi connectivity index (χ0v) is 9.34. The third-order valence-electron chi connectivity index (χ3n) is 2.15. The molecule has 0 aliphatic heterocycles. The van der Waals surface area contributed by atoms with Gasteiger partial charge >= 0.3 is 5.97 Å². The first-order valence-electron chi connectivity index (χ1n) is 4.93. The molecule has 0 bridgehead atoms. The number of anilines is 1. The Morgan fingerprint density at radius 2 is 2.00 bits per heavy atom. The molecule has 6 heteroatoms. The molecule has 0 aliphatic carbocycles. The van der Waals surface area contributed by atoms with Crippen LogP contribution in [-0.4, -0.2) is 36.7 Å². The van der Waals surface area contributed by atoms with Crippen LogP contribution < -0.4 is 11.1 Å². The average Bonchev–Trinajstić information content (AvgIpc) is 2.35. The molecule has 0 heterocycles. The number of nitrogens with one attached hydrogen (secondary N) is 1. The zero-order chi connectivity index (χ0) is 12.8. The van der Waals surface area contributed by atoms with Crippen molar-refractivity contribution in [3.05, 3.63) is 29.8 Å². The Kier molecular flexibility index (Phi) is 4.47. The second-order valence-electron chi connectivity index (χ2n) is 3.35. The normalized spacial score (nSPS) is 11.6. The van der Waals surface area contributed by atoms with Crippen molar-refractivity contribution in [3.63, 3.8) is 0 Å². The van der Waals surface area contributed by atoms with Crippen molar-refractivity contribution < 1.29 is 19.4 Å². The van der Waals surface area contributed by atoms with Crippen LogP contribution in [0.2, 0.25) is 0 Å². The summed E-state index contributed by atoms with van der Waals surface area (Å²) in [5, 5.41) is 11.3. The maximum atomic E-state index is 11.7. The van der Waals surface area contributed by atoms with Crippen molar-refractivity contribution in [1.82, 2.24) is 5.32 Å². The Morgan fingerprint density at radius 3 is 2.47 bits per heavy atom. The van der Waals surface area contributed by atoms with Crippen molar-refractivity contribution in [2.45, 2.75) is 6.04 Å². The van der Waals surface area contributed by atoms with Crippen LogP contribution in [0.1, 0.15) is 10.4 Å². The van der Waals surface area contributed by atoms with E-state index < -0.39 is 24.5 Å². The highest BCUT2D eigenvalue weighted by Gasteiger charge is 2.20. The van der Waals surface area contributed by atoms with E-state index in [0.717, 1.165) is 0 Å². The minimum Gasteiger partial charge on any atom is -0.467 e. The van der Waals surface area contributed by atoms with Gasteiger partial charge in [-0.15, -0.1) is 0 Å². The van der Waals surface area contributed by atoms with Gasteiger partial charge in [0.15, 0.2) is 6.04 Å². The van der Waals surface area contributed by atoms with Gasteiger partial charge in [0, 0.05) is 11.3 Å². The van der Waals surface area contributed by atoms with Crippen molar-refractivity contribution in [3.8, 4) is 0 Å². The number of esters is 1. The molecule has 0 saturated carbocycles. The van der Waals surface area contributed by atoms with Crippen LogP contribution in [-0.2, 0) is 9.53 Å². The lowest BCUT2D eigenvalue weighted by atomic mass is 10.2. The van der Waals surface area contributed by atoms with Gasteiger partial charge in [-0.25, -0.2) is 4.79 Å². The van der Waals surface area contributed by atoms with Crippen LogP contribution in [0, 0.1) is 0 Å². The van der Waals surface area contributed by atoms with Gasteiger partial charge in [-0.2, -0.15) is 0 Å². The maximum Gasteiger partial charge on any atom is 0.330 e. The second kappa shape index (κ2) is 5.86. The fourth-order valence-electron chi connectivity index (χ4n) is 1.20. The maximum absolute atomic E-state index is 11.7. The van der Waals surface area contributed by atoms with Crippen LogP contribution in [0.15, 0.2) is 24.3 Å². The summed E-state index contributed by atoms with van der Waals surface area (Å²) in [4.78, 5) is 22.8. The van der Waals surface area contributed by atoms with E-state index in [2.05, 4.69) is 10.1 Å². The number of carbonyl (C=O) groups excluding carboxylic acids is 2. The topological polar surface area (TPSA) is 102 Å². The molecule has 0 aromatic heterocycles. The van der Waals surface area contributed by atoms with Crippen LogP contribution in [0.25, 0.3) is 0 Å². The first-order chi connectivity index (χ1) is 8.08. The lowest BCUT2D eigenvalue weighted by Gasteiger charge is -2.13. The summed E-state index contributed by atoms with van der Waals surface area (Å²) in [6.45, 7) is -0.520. The molecule has 0 aliphatic rings. The van der Waals surface area contributed by atoms with E-state index in [1.165, 1.54) is 19.2 Å². The van der Waals surface area contributed by atoms with E-state index in [9.17, 15) is 9.59 Å². The summed E-state index contributed by atoms with van der Waals surface area (Å²) in [6.07, 6.45) is 0. The third kappa shape index (κ3) is 3.46. The summed E-state index contributed by atoms with van der Waals surface area (Å²) in [5.74, 6) is -1.18. The Labute approximate surface area is 98.4 Å². The van der Waals surface area contributed by atoms with Gasteiger partial charge in [0.2, 0.25) is 0 Å². The van der Waals surface area contributed by atoms with E-state index >= 15 is 0 Å². The Bertz CT molecular complexity index is 402. The first-order valence-corrected chi connectivity index (χ1v) is 4.93. The minimum absolute atomic E-state index is 0.349. The van der Waals surface area contributed by atoms with E-state index in [4.69, 9.17) is 10.8 Å². The average molecular weight is 238 g/mol. The van der Waals surface area contributed by atoms with Crippen molar-refractivity contribution >= 4 is 17.6 Å². The number of rotatable bonds is 4. The van der Waals surface area contributed by atoms with Gasteiger partial charge in [0.05, 0.1) is 13.7 Å². The van der Waals surface area contributed by atoms with Gasteiger partial charge in [0.25, 0.3) is 5.91 Å². The lowest BCUT2D eigenvalue weighted by molar-refractivity contribution is -0.143. The summed E-state index contributed by atoms with van der Waals surface area (Å²) < 4.78 is 4.43. The molecule has 1 amide bonds. The molecular formula is C11H14N2O4. The predicted molar refractivity (Wildman–Crippen MR) is 61.2 cm³/mol. The van der Waals surface area contributed by atoms with Gasteiger partial charge in [0.1, 0.15) is 0 Å². The molecule has 0 fully saturated rings. The van der Waals surface area contributed by atoms with Gasteiger partial charge < -0.3 is 20.9 Å². The predicted octanol–water partition coefficient (Wildman–Crippen LogP) is -0.468. The highest BCUT2D eigenvalue weighted by molar-refractivity contribution is 5.97. The number of hydrogen-bond acceptors (Lipinski definition) is 5. The van der Waals surface area contributed by atoms with Crippen LogP contribution >= 0.6 is 0 Å². The van der Waals surface area contributed by atoms with Crippen LogP contribution in [0.4, 0.5) is 5.69 Å². The number of ether oxygens (including phenoxy) is 1. The van der Waals surface area contributed by atoms with E-state index in [0.29, 0.717) is 11.3 Å². The number of aliphatic hydroxyl groups is 1. The van der Waals surface area contributed by atoms with Crippen LogP contribution in [0.5, 0.6) is 0 Å². The first kappa shape index (κ1) is 13.0. The van der Waals surface area contributed by atoms with Crippen LogP contribution in [0.3, 0.4) is 0 Å². The molecule has 1 atom stereocenters. The molecule has 6 nitrogen and oxygen atoms in total. The van der Waals surface area contributed by atoms with Crippen molar-refractivity contribution in [2.75, 3.05) is 19.5 Å². The van der Waals surface area contributed by atoms with Gasteiger partial charge in [-0.3, -0.25) is 4.79 Å². The molecule has 1 aromatic rings. The fourth-order valence-corrected chi connectivity index (χ4v) is 1.20. The number of hydrogen-bond donors (Lipinski definition) is 3. The number of nitrogen functional groups attached to an aromatic ring is 1. The number of aliphatic hydroxyl groups excluding tert-OH is 1. The number of nitrogens with two attached hydrogens (primary N) is 1. The van der Waals surface area contributed by atoms with Crippen molar-refractivity contribution in [2.24, 2.45) is 0 Å². The standard InChI is InChI=1S/C11H14N2O4/c1-17-11(16)9(6-14)13-10(15)7-2-4-8(12)5-3-7/h2-5,9,14H,6,12H2,1H3,(H,13,15)/t9-/m1/s1. The van der Waals surface area contributed by atoms with Gasteiger partial charge in [-0.05, 0) is 24.3 Å². The summed E-state index contributed by atoms with van der Waals surface area (Å²) in [7, 11) is 1.18. The number of benzene rings is 1. The summed E-state index contributed by atoms with van der Waals surface area (Å²) in [6, 6.07) is 5.12. The van der Waals surface area contributed by atoms with E-state index in [-0.39, 0.29) is 0 Å². The molecule has 4 N–H and O–H groups in total. The SMILES string of the molecule is COC(=O)[C@@H](CO)NC(=O)c1ccc(N)cc1. The number of methoxy groups -OCH3 is 1. The van der Waals surface area contributed by atoms with E-state index in [1.54, 1.807) is 12.1 Å². The fraction of sp³-hybridized carbons (Fsp3) is 0.273. The second-order valence-corrected chi connectivity index (χ2v) is 3.35. The smallest absolute Gasteiger partial charge is 0.330 e. The Balaban J connectivity index is 2.71. The molecule has 17 heavy (non-hydrogen) atoms. The summed E-state index contributed by atoms with van der Waals surface area (Å²) >= 11 is 0. The quantitative estimate of drug-likeness (QED) is 0.486. The highest BCUT2D eigenvalue weighted by Crippen LogP contribution is 2.05. The lowest BCUT2D eigenvalue weighted by Crippen LogP contribution is -2.44. The Hall–Kier alpha value is -2.08. The zero-order valence-electron chi connectivity index (χ0n) is 9.34. The molecule has 92 valence electrons. The Morgan fingerprint density at radius 1 is 1.41 bits per heavy atom. The third-order valence-corrected chi connectivity index (χ3v) is 2.15. The minimum atomic E-state index is -1.06. The molecule has 0 radical (unpaired) electrons. The monoisotopic (exact) mass is 238 g/mol. The molecular weight excluding hydrogens is 224 g/mol. The molecule has 0 unspecified atom stereocenters. The molecule has 0 spiro atoms. The molecule has 1 aromatic carbocycles. The van der Waals surface area contributed by atoms with Crippen molar-refractivity contribution in [1.29, 1.82) is 0 Å². The highest BCUT2D eigenvalue weighted by atomic mass is 16.5. The summed E-state index contributed by atoms with van der Waals surface area (Å²) in [5.41, 5.74) is 6.36. The molecule has 0 saturated heterocycles. The largest absolute Gasteiger partial charge is 0.467 e. The van der Waals surface area contributed by atoms with Gasteiger partial charge in [-0.1, -0.05) is 0 Å². The number of carbonyl (C=O) groups is 2. The number of amides is 1. The molecule has 1 rings (SSSR count). The van der Waals surface area contributed by atoms with E-state index in [1.807, 2.05) is 0 Å².